The number of carbonyl (C=O) groups is 2. The second kappa shape index (κ2) is 13.2. The molecule has 2 N–H and O–H groups in total. The van der Waals surface area contributed by atoms with Gasteiger partial charge in [-0.05, 0) is 66.3 Å². The predicted molar refractivity (Wildman–Crippen MR) is 145 cm³/mol. The molecular weight excluding hydrogens is 525 g/mol. The summed E-state index contributed by atoms with van der Waals surface area (Å²) in [7, 11) is 0. The number of carbonyl (C=O) groups excluding carboxylic acids is 1. The first-order valence-corrected chi connectivity index (χ1v) is 13.2. The molecule has 0 saturated heterocycles. The standard InChI is InChI=1S/C30H31F3N2O5/c31-30(32,33)40-27-8-4-7-26(19-27)39-29(38)35(20-21-9-13-24(14-10-21)34-18-17-28(36)37)25-15-11-23(12-16-25)22-5-2-1-3-6-22/h4,7-16,19,22,34H,1-3,5-6,17-18,20H2,(H,36,37). The molecule has 0 unspecified atom stereocenters. The molecule has 1 aliphatic carbocycles. The zero-order chi connectivity index (χ0) is 28.5. The summed E-state index contributed by atoms with van der Waals surface area (Å²) in [6.07, 6.45) is 0.251. The molecule has 0 bridgehead atoms. The molecule has 0 radical (unpaired) electrons. The van der Waals surface area contributed by atoms with Crippen molar-refractivity contribution < 1.29 is 37.3 Å². The molecule has 4 rings (SSSR count). The molecule has 3 aromatic rings. The maximum absolute atomic E-state index is 13.3. The summed E-state index contributed by atoms with van der Waals surface area (Å²) < 4.78 is 47.4. The second-order valence-electron chi connectivity index (χ2n) is 9.67. The molecule has 1 saturated carbocycles. The van der Waals surface area contributed by atoms with E-state index in [0.29, 0.717) is 11.6 Å². The zero-order valence-corrected chi connectivity index (χ0v) is 21.8. The summed E-state index contributed by atoms with van der Waals surface area (Å²) in [6, 6.07) is 19.7. The van der Waals surface area contributed by atoms with Crippen LogP contribution in [0.5, 0.6) is 11.5 Å². The maximum Gasteiger partial charge on any atom is 0.573 e. The minimum absolute atomic E-state index is 0.0204. The number of anilines is 2. The first-order valence-electron chi connectivity index (χ1n) is 13.2. The van der Waals surface area contributed by atoms with Gasteiger partial charge in [-0.15, -0.1) is 13.2 Å². The highest BCUT2D eigenvalue weighted by Gasteiger charge is 2.31. The molecule has 10 heteroatoms. The third-order valence-electron chi connectivity index (χ3n) is 6.71. The van der Waals surface area contributed by atoms with Gasteiger partial charge in [0.1, 0.15) is 11.5 Å². The van der Waals surface area contributed by atoms with Crippen LogP contribution in [-0.4, -0.2) is 30.1 Å². The third-order valence-corrected chi connectivity index (χ3v) is 6.71. The van der Waals surface area contributed by atoms with Crippen molar-refractivity contribution >= 4 is 23.4 Å². The fourth-order valence-electron chi connectivity index (χ4n) is 4.74. The van der Waals surface area contributed by atoms with Crippen molar-refractivity contribution in [2.75, 3.05) is 16.8 Å². The van der Waals surface area contributed by atoms with Gasteiger partial charge < -0.3 is 19.9 Å². The summed E-state index contributed by atoms with van der Waals surface area (Å²) in [5.41, 5.74) is 3.30. The lowest BCUT2D eigenvalue weighted by molar-refractivity contribution is -0.274. The number of ether oxygens (including phenoxy) is 2. The number of nitrogens with zero attached hydrogens (tertiary/aromatic N) is 1. The van der Waals surface area contributed by atoms with Gasteiger partial charge in [-0.25, -0.2) is 4.79 Å². The van der Waals surface area contributed by atoms with E-state index < -0.39 is 24.2 Å². The number of amides is 1. The summed E-state index contributed by atoms with van der Waals surface area (Å²) >= 11 is 0. The van der Waals surface area contributed by atoms with E-state index >= 15 is 0 Å². The SMILES string of the molecule is O=C(O)CCNc1ccc(CN(C(=O)Oc2cccc(OC(F)(F)F)c2)c2ccc(C3CCCCC3)cc2)cc1. The van der Waals surface area contributed by atoms with E-state index in [1.165, 1.54) is 41.9 Å². The van der Waals surface area contributed by atoms with Crippen molar-refractivity contribution in [2.45, 2.75) is 57.3 Å². The van der Waals surface area contributed by atoms with Gasteiger partial charge in [0.15, 0.2) is 0 Å². The minimum atomic E-state index is -4.87. The number of carboxylic acid groups (broad SMARTS) is 1. The average Bonchev–Trinajstić information content (AvgIpc) is 2.92. The Labute approximate surface area is 230 Å². The van der Waals surface area contributed by atoms with Crippen LogP contribution in [0.25, 0.3) is 0 Å². The summed E-state index contributed by atoms with van der Waals surface area (Å²) in [5, 5.41) is 11.8. The molecule has 0 atom stereocenters. The lowest BCUT2D eigenvalue weighted by Gasteiger charge is -2.25. The van der Waals surface area contributed by atoms with Gasteiger partial charge in [0.2, 0.25) is 0 Å². The van der Waals surface area contributed by atoms with Crippen LogP contribution < -0.4 is 19.7 Å². The molecule has 0 aromatic heterocycles. The van der Waals surface area contributed by atoms with Crippen LogP contribution in [-0.2, 0) is 11.3 Å². The predicted octanol–water partition coefficient (Wildman–Crippen LogP) is 7.73. The lowest BCUT2D eigenvalue weighted by atomic mass is 9.84. The monoisotopic (exact) mass is 556 g/mol. The zero-order valence-electron chi connectivity index (χ0n) is 21.8. The highest BCUT2D eigenvalue weighted by molar-refractivity contribution is 5.89. The molecular formula is C30H31F3N2O5. The van der Waals surface area contributed by atoms with Gasteiger partial charge in [-0.2, -0.15) is 0 Å². The van der Waals surface area contributed by atoms with E-state index in [-0.39, 0.29) is 25.3 Å². The van der Waals surface area contributed by atoms with Crippen LogP contribution in [0.1, 0.15) is 55.6 Å². The number of carboxylic acids is 1. The molecule has 0 spiro atoms. The van der Waals surface area contributed by atoms with Crippen molar-refractivity contribution in [1.82, 2.24) is 0 Å². The smallest absolute Gasteiger partial charge is 0.481 e. The number of alkyl halides is 3. The van der Waals surface area contributed by atoms with Crippen molar-refractivity contribution in [1.29, 1.82) is 0 Å². The fraction of sp³-hybridized carbons (Fsp3) is 0.333. The Balaban J connectivity index is 1.52. The first-order chi connectivity index (χ1) is 19.2. The quantitative estimate of drug-likeness (QED) is 0.266. The highest BCUT2D eigenvalue weighted by Crippen LogP contribution is 2.34. The summed E-state index contributed by atoms with van der Waals surface area (Å²) in [6.45, 7) is 0.410. The van der Waals surface area contributed by atoms with Crippen LogP contribution in [0.15, 0.2) is 72.8 Å². The van der Waals surface area contributed by atoms with Crippen molar-refractivity contribution in [3.63, 3.8) is 0 Å². The Bertz CT molecular complexity index is 1270. The third kappa shape index (κ3) is 8.65. The minimum Gasteiger partial charge on any atom is -0.481 e. The normalized spacial score (nSPS) is 13.9. The maximum atomic E-state index is 13.3. The summed E-state index contributed by atoms with van der Waals surface area (Å²) in [4.78, 5) is 25.5. The Morgan fingerprint density at radius 3 is 2.25 bits per heavy atom. The molecule has 1 aliphatic rings. The summed E-state index contributed by atoms with van der Waals surface area (Å²) in [5.74, 6) is -0.996. The fourth-order valence-corrected chi connectivity index (χ4v) is 4.74. The number of rotatable bonds is 10. The number of nitrogens with one attached hydrogen (secondary N) is 1. The van der Waals surface area contributed by atoms with E-state index in [4.69, 9.17) is 9.84 Å². The van der Waals surface area contributed by atoms with E-state index in [9.17, 15) is 22.8 Å². The Morgan fingerprint density at radius 1 is 0.925 bits per heavy atom. The van der Waals surface area contributed by atoms with Gasteiger partial charge in [-0.1, -0.05) is 49.6 Å². The molecule has 7 nitrogen and oxygen atoms in total. The molecule has 40 heavy (non-hydrogen) atoms. The van der Waals surface area contributed by atoms with Gasteiger partial charge in [0.05, 0.1) is 13.0 Å². The molecule has 1 amide bonds. The van der Waals surface area contributed by atoms with Crippen molar-refractivity contribution in [3.05, 3.63) is 83.9 Å². The highest BCUT2D eigenvalue weighted by atomic mass is 19.4. The van der Waals surface area contributed by atoms with Crippen LogP contribution in [0, 0.1) is 0 Å². The molecule has 0 heterocycles. The van der Waals surface area contributed by atoms with Gasteiger partial charge in [0, 0.05) is 24.0 Å². The number of aliphatic carboxylic acids is 1. The topological polar surface area (TPSA) is 88.1 Å². The van der Waals surface area contributed by atoms with E-state index in [1.54, 1.807) is 24.3 Å². The molecule has 212 valence electrons. The second-order valence-corrected chi connectivity index (χ2v) is 9.67. The van der Waals surface area contributed by atoms with Crippen LogP contribution >= 0.6 is 0 Å². The van der Waals surface area contributed by atoms with E-state index in [2.05, 4.69) is 10.1 Å². The number of benzene rings is 3. The van der Waals surface area contributed by atoms with Gasteiger partial charge in [-0.3, -0.25) is 9.69 Å². The van der Waals surface area contributed by atoms with Crippen LogP contribution in [0.3, 0.4) is 0 Å². The van der Waals surface area contributed by atoms with E-state index in [0.717, 1.165) is 36.2 Å². The van der Waals surface area contributed by atoms with Crippen LogP contribution in [0.2, 0.25) is 0 Å². The van der Waals surface area contributed by atoms with Crippen LogP contribution in [0.4, 0.5) is 29.3 Å². The Kier molecular flexibility index (Phi) is 9.52. The Hall–Kier alpha value is -4.21. The van der Waals surface area contributed by atoms with E-state index in [1.807, 2.05) is 24.3 Å². The molecule has 1 fully saturated rings. The number of halogens is 3. The average molecular weight is 557 g/mol. The Morgan fingerprint density at radius 2 is 1.60 bits per heavy atom. The molecule has 0 aliphatic heterocycles. The number of hydrogen-bond donors (Lipinski definition) is 2. The van der Waals surface area contributed by atoms with Gasteiger partial charge >= 0.3 is 18.4 Å². The number of hydrogen-bond acceptors (Lipinski definition) is 5. The van der Waals surface area contributed by atoms with Gasteiger partial charge in [0.25, 0.3) is 0 Å². The first kappa shape index (κ1) is 28.8. The molecule has 3 aromatic carbocycles. The van der Waals surface area contributed by atoms with Crippen molar-refractivity contribution in [2.24, 2.45) is 0 Å². The van der Waals surface area contributed by atoms with Crippen molar-refractivity contribution in [3.8, 4) is 11.5 Å². The largest absolute Gasteiger partial charge is 0.573 e. The lowest BCUT2D eigenvalue weighted by Crippen LogP contribution is -2.33.